The fraction of sp³-hybridized carbons (Fsp3) is 0.500. The first-order valence-electron chi connectivity index (χ1n) is 6.86. The second-order valence-corrected chi connectivity index (χ2v) is 5.77. The predicted molar refractivity (Wildman–Crippen MR) is 82.3 cm³/mol. The van der Waals surface area contributed by atoms with Gasteiger partial charge in [-0.2, -0.15) is 4.99 Å². The maximum Gasteiger partial charge on any atom is 0.433 e. The molecule has 4 nitrogen and oxygen atoms in total. The molecule has 0 heterocycles. The monoisotopic (exact) mass is 276 g/mol. The lowest BCUT2D eigenvalue weighted by Crippen LogP contribution is -2.24. The molecule has 0 radical (unpaired) electrons. The summed E-state index contributed by atoms with van der Waals surface area (Å²) in [6.45, 7) is 6.25. The van der Waals surface area contributed by atoms with E-state index in [4.69, 9.17) is 4.74 Å². The van der Waals surface area contributed by atoms with Gasteiger partial charge >= 0.3 is 6.09 Å². The topological polar surface area (TPSA) is 50.7 Å². The average molecular weight is 276 g/mol. The van der Waals surface area contributed by atoms with Gasteiger partial charge in [0, 0.05) is 18.7 Å². The van der Waals surface area contributed by atoms with E-state index in [1.165, 1.54) is 5.56 Å². The zero-order valence-corrected chi connectivity index (χ0v) is 12.7. The van der Waals surface area contributed by atoms with Crippen LogP contribution in [0.4, 0.5) is 4.79 Å². The van der Waals surface area contributed by atoms with Crippen molar-refractivity contribution in [2.75, 3.05) is 13.6 Å². The molecule has 1 aromatic rings. The lowest BCUT2D eigenvalue weighted by Gasteiger charge is -2.17. The van der Waals surface area contributed by atoms with Gasteiger partial charge in [-0.1, -0.05) is 30.3 Å². The van der Waals surface area contributed by atoms with Crippen LogP contribution in [0.25, 0.3) is 0 Å². The number of hydrogen-bond acceptors (Lipinski definition) is 3. The zero-order valence-electron chi connectivity index (χ0n) is 12.7. The summed E-state index contributed by atoms with van der Waals surface area (Å²) in [5, 5.41) is 3.12. The summed E-state index contributed by atoms with van der Waals surface area (Å²) in [6, 6.07) is 10.2. The highest BCUT2D eigenvalue weighted by Gasteiger charge is 2.15. The summed E-state index contributed by atoms with van der Waals surface area (Å²) in [7, 11) is 1.89. The summed E-state index contributed by atoms with van der Waals surface area (Å²) < 4.78 is 5.16. The van der Waals surface area contributed by atoms with Gasteiger partial charge < -0.3 is 10.1 Å². The van der Waals surface area contributed by atoms with E-state index >= 15 is 0 Å². The molecule has 0 unspecified atom stereocenters. The molecule has 0 aliphatic carbocycles. The molecule has 0 spiro atoms. The normalized spacial score (nSPS) is 13.4. The third-order valence-electron chi connectivity index (χ3n) is 2.59. The molecular formula is C16H24N2O2. The maximum absolute atomic E-state index is 11.6. The Hall–Kier alpha value is -1.68. The first-order chi connectivity index (χ1) is 9.40. The SMILES string of the molecule is CNC[C@@H](C=NC(=O)OC(C)(C)C)Cc1ccccc1. The van der Waals surface area contributed by atoms with Gasteiger partial charge in [-0.05, 0) is 39.8 Å². The van der Waals surface area contributed by atoms with Gasteiger partial charge in [0.15, 0.2) is 0 Å². The van der Waals surface area contributed by atoms with Crippen LogP contribution >= 0.6 is 0 Å². The Bertz CT molecular complexity index is 436. The van der Waals surface area contributed by atoms with Crippen LogP contribution < -0.4 is 5.32 Å². The Labute approximate surface area is 121 Å². The number of amides is 1. The third-order valence-corrected chi connectivity index (χ3v) is 2.59. The number of nitrogens with one attached hydrogen (secondary N) is 1. The number of rotatable bonds is 5. The second kappa shape index (κ2) is 7.80. The first kappa shape index (κ1) is 16.4. The lowest BCUT2D eigenvalue weighted by atomic mass is 10.0. The molecule has 0 bridgehead atoms. The molecule has 0 aliphatic heterocycles. The third kappa shape index (κ3) is 7.04. The quantitative estimate of drug-likeness (QED) is 0.841. The molecule has 4 heteroatoms. The summed E-state index contributed by atoms with van der Waals surface area (Å²) in [4.78, 5) is 15.5. The molecule has 0 aromatic heterocycles. The molecule has 0 aliphatic rings. The van der Waals surface area contributed by atoms with E-state index in [0.29, 0.717) is 0 Å². The van der Waals surface area contributed by atoms with Crippen LogP contribution in [-0.2, 0) is 11.2 Å². The van der Waals surface area contributed by atoms with Gasteiger partial charge in [0.1, 0.15) is 5.60 Å². The van der Waals surface area contributed by atoms with Crippen molar-refractivity contribution in [3.8, 4) is 0 Å². The number of carbonyl (C=O) groups excluding carboxylic acids is 1. The van der Waals surface area contributed by atoms with Crippen LogP contribution in [0.3, 0.4) is 0 Å². The van der Waals surface area contributed by atoms with E-state index in [1.807, 2.05) is 46.0 Å². The summed E-state index contributed by atoms with van der Waals surface area (Å²) in [6.07, 6.45) is 1.98. The van der Waals surface area contributed by atoms with Gasteiger partial charge in [0.05, 0.1) is 0 Å². The zero-order chi connectivity index (χ0) is 15.0. The van der Waals surface area contributed by atoms with Crippen molar-refractivity contribution in [1.82, 2.24) is 5.32 Å². The van der Waals surface area contributed by atoms with E-state index in [1.54, 1.807) is 6.21 Å². The number of hydrogen-bond donors (Lipinski definition) is 1. The van der Waals surface area contributed by atoms with Crippen molar-refractivity contribution in [2.45, 2.75) is 32.8 Å². The summed E-state index contributed by atoms with van der Waals surface area (Å²) in [5.41, 5.74) is 0.718. The van der Waals surface area contributed by atoms with E-state index < -0.39 is 11.7 Å². The smallest absolute Gasteiger partial charge is 0.433 e. The Kier molecular flexibility index (Phi) is 6.39. The minimum Gasteiger partial charge on any atom is -0.442 e. The Morgan fingerprint density at radius 3 is 2.55 bits per heavy atom. The second-order valence-electron chi connectivity index (χ2n) is 5.77. The minimum atomic E-state index is -0.535. The number of ether oxygens (including phenoxy) is 1. The number of nitrogens with zero attached hydrogens (tertiary/aromatic N) is 1. The highest BCUT2D eigenvalue weighted by atomic mass is 16.6. The Morgan fingerprint density at radius 1 is 1.35 bits per heavy atom. The highest BCUT2D eigenvalue weighted by molar-refractivity contribution is 5.80. The van der Waals surface area contributed by atoms with Crippen LogP contribution in [0.15, 0.2) is 35.3 Å². The molecule has 0 saturated heterocycles. The van der Waals surface area contributed by atoms with E-state index in [0.717, 1.165) is 13.0 Å². The van der Waals surface area contributed by atoms with Crippen LogP contribution in [0.2, 0.25) is 0 Å². The van der Waals surface area contributed by atoms with Gasteiger partial charge in [-0.25, -0.2) is 4.79 Å². The first-order valence-corrected chi connectivity index (χ1v) is 6.86. The maximum atomic E-state index is 11.6. The van der Waals surface area contributed by atoms with Gasteiger partial charge in [-0.15, -0.1) is 0 Å². The van der Waals surface area contributed by atoms with Gasteiger partial charge in [0.2, 0.25) is 0 Å². The van der Waals surface area contributed by atoms with E-state index in [-0.39, 0.29) is 5.92 Å². The Morgan fingerprint density at radius 2 is 2.00 bits per heavy atom. The summed E-state index contributed by atoms with van der Waals surface area (Å²) in [5.74, 6) is 0.162. The minimum absolute atomic E-state index is 0.162. The molecular weight excluding hydrogens is 252 g/mol. The van der Waals surface area contributed by atoms with Gasteiger partial charge in [-0.3, -0.25) is 0 Å². The van der Waals surface area contributed by atoms with Crippen molar-refractivity contribution < 1.29 is 9.53 Å². The number of carbonyl (C=O) groups is 1. The number of benzene rings is 1. The standard InChI is InChI=1S/C16H24N2O2/c1-16(2,3)20-15(19)18-12-14(11-17-4)10-13-8-6-5-7-9-13/h5-9,12,14,17H,10-11H2,1-4H3/t14-/m0/s1. The van der Waals surface area contributed by atoms with Gasteiger partial charge in [0.25, 0.3) is 0 Å². The van der Waals surface area contributed by atoms with Crippen molar-refractivity contribution in [3.63, 3.8) is 0 Å². The van der Waals surface area contributed by atoms with Crippen molar-refractivity contribution >= 4 is 12.3 Å². The molecule has 1 rings (SSSR count). The molecule has 0 fully saturated rings. The van der Waals surface area contributed by atoms with E-state index in [9.17, 15) is 4.79 Å². The summed E-state index contributed by atoms with van der Waals surface area (Å²) >= 11 is 0. The Balaban J connectivity index is 2.60. The molecule has 1 aromatic carbocycles. The highest BCUT2D eigenvalue weighted by Crippen LogP contribution is 2.09. The molecule has 110 valence electrons. The molecule has 1 atom stereocenters. The van der Waals surface area contributed by atoms with Crippen molar-refractivity contribution in [1.29, 1.82) is 0 Å². The van der Waals surface area contributed by atoms with Crippen LogP contribution in [0, 0.1) is 5.92 Å². The van der Waals surface area contributed by atoms with Crippen LogP contribution in [-0.4, -0.2) is 31.5 Å². The predicted octanol–water partition coefficient (Wildman–Crippen LogP) is 3.07. The molecule has 20 heavy (non-hydrogen) atoms. The average Bonchev–Trinajstić information content (AvgIpc) is 2.35. The fourth-order valence-corrected chi connectivity index (χ4v) is 1.81. The largest absolute Gasteiger partial charge is 0.442 e. The molecule has 1 N–H and O–H groups in total. The van der Waals surface area contributed by atoms with E-state index in [2.05, 4.69) is 22.4 Å². The molecule has 0 saturated carbocycles. The molecule has 1 amide bonds. The number of aliphatic imine (C=N–C) groups is 1. The fourth-order valence-electron chi connectivity index (χ4n) is 1.81. The van der Waals surface area contributed by atoms with Crippen LogP contribution in [0.1, 0.15) is 26.3 Å². The van der Waals surface area contributed by atoms with Crippen molar-refractivity contribution in [3.05, 3.63) is 35.9 Å². The van der Waals surface area contributed by atoms with Crippen LogP contribution in [0.5, 0.6) is 0 Å². The van der Waals surface area contributed by atoms with Crippen molar-refractivity contribution in [2.24, 2.45) is 10.9 Å². The lowest BCUT2D eigenvalue weighted by molar-refractivity contribution is 0.0604.